The number of ether oxygens (including phenoxy) is 3. The molecule has 25 heavy (non-hydrogen) atoms. The maximum Gasteiger partial charge on any atom is 0.417 e. The lowest BCUT2D eigenvalue weighted by Crippen LogP contribution is -2.35. The molecule has 1 amide bonds. The molecule has 2 unspecified atom stereocenters. The minimum Gasteiger partial charge on any atom is -0.490 e. The van der Waals surface area contributed by atoms with Crippen LogP contribution in [0.2, 0.25) is 0 Å². The van der Waals surface area contributed by atoms with E-state index < -0.39 is 31.1 Å². The van der Waals surface area contributed by atoms with Gasteiger partial charge in [0.05, 0.1) is 6.10 Å². The van der Waals surface area contributed by atoms with E-state index in [4.69, 9.17) is 14.2 Å². The molecule has 0 bridgehead atoms. The Bertz CT molecular complexity index is 649. The standard InChI is InChI=1S/C17H20F3NO4/c1-10-15(23-2)25-16(22)21(10)12-4-6-14-11(9-12)3-5-13(24-14)7-8-17(18,19)20/h4,6,9-10,13,15H,3,5,7-8H2,1-2H3/t10?,13?,15-/m0/s1. The zero-order valence-corrected chi connectivity index (χ0v) is 14.0. The Morgan fingerprint density at radius 2 is 2.08 bits per heavy atom. The number of halogens is 3. The van der Waals surface area contributed by atoms with E-state index in [1.807, 2.05) is 13.0 Å². The first-order chi connectivity index (χ1) is 11.8. The number of carbonyl (C=O) groups excluding carboxylic acids is 1. The van der Waals surface area contributed by atoms with Crippen molar-refractivity contribution in [3.63, 3.8) is 0 Å². The van der Waals surface area contributed by atoms with E-state index in [1.54, 1.807) is 12.1 Å². The SMILES string of the molecule is CO[C@H]1OC(=O)N(c2ccc3c(c2)CCC(CCC(F)(F)F)O3)C1C. The van der Waals surface area contributed by atoms with Crippen LogP contribution in [0.15, 0.2) is 18.2 Å². The first-order valence-corrected chi connectivity index (χ1v) is 8.17. The molecule has 0 saturated carbocycles. The lowest BCUT2D eigenvalue weighted by Gasteiger charge is -2.28. The van der Waals surface area contributed by atoms with Gasteiger partial charge in [-0.1, -0.05) is 0 Å². The van der Waals surface area contributed by atoms with Gasteiger partial charge in [0.15, 0.2) is 0 Å². The zero-order chi connectivity index (χ0) is 18.2. The molecule has 1 aromatic rings. The fourth-order valence-electron chi connectivity index (χ4n) is 3.24. The highest BCUT2D eigenvalue weighted by molar-refractivity contribution is 5.90. The van der Waals surface area contributed by atoms with Crippen molar-refractivity contribution in [2.24, 2.45) is 0 Å². The normalized spacial score (nSPS) is 26.2. The zero-order valence-electron chi connectivity index (χ0n) is 14.0. The van der Waals surface area contributed by atoms with Gasteiger partial charge in [0.1, 0.15) is 11.8 Å². The van der Waals surface area contributed by atoms with Crippen LogP contribution in [0, 0.1) is 0 Å². The lowest BCUT2D eigenvalue weighted by molar-refractivity contribution is -0.139. The topological polar surface area (TPSA) is 48.0 Å². The Morgan fingerprint density at radius 1 is 1.32 bits per heavy atom. The third kappa shape index (κ3) is 3.84. The molecule has 2 heterocycles. The molecular weight excluding hydrogens is 339 g/mol. The number of methoxy groups -OCH3 is 1. The highest BCUT2D eigenvalue weighted by atomic mass is 19.4. The van der Waals surface area contributed by atoms with Crippen LogP contribution in [0.3, 0.4) is 0 Å². The minimum absolute atomic E-state index is 0.0459. The molecule has 138 valence electrons. The number of fused-ring (bicyclic) bond motifs is 1. The molecule has 2 aliphatic heterocycles. The number of carbonyl (C=O) groups is 1. The molecule has 0 radical (unpaired) electrons. The Morgan fingerprint density at radius 3 is 2.72 bits per heavy atom. The minimum atomic E-state index is -4.17. The molecule has 1 fully saturated rings. The van der Waals surface area contributed by atoms with Crippen molar-refractivity contribution in [2.75, 3.05) is 12.0 Å². The third-order valence-corrected chi connectivity index (χ3v) is 4.55. The van der Waals surface area contributed by atoms with E-state index in [-0.39, 0.29) is 12.5 Å². The highest BCUT2D eigenvalue weighted by Crippen LogP contribution is 2.36. The molecule has 8 heteroatoms. The first kappa shape index (κ1) is 17.8. The van der Waals surface area contributed by atoms with E-state index >= 15 is 0 Å². The van der Waals surface area contributed by atoms with Crippen LogP contribution in [0.5, 0.6) is 5.75 Å². The molecule has 2 aliphatic rings. The summed E-state index contributed by atoms with van der Waals surface area (Å²) in [5.74, 6) is 0.575. The van der Waals surface area contributed by atoms with Crippen LogP contribution in [0.1, 0.15) is 31.7 Å². The average Bonchev–Trinajstić information content (AvgIpc) is 2.85. The predicted octanol–water partition coefficient (Wildman–Crippen LogP) is 4.04. The van der Waals surface area contributed by atoms with Gasteiger partial charge in [0.25, 0.3) is 0 Å². The Labute approximate surface area is 143 Å². The number of rotatable bonds is 4. The number of amides is 1. The van der Waals surface area contributed by atoms with Crippen LogP contribution in [-0.4, -0.2) is 37.8 Å². The van der Waals surface area contributed by atoms with E-state index in [0.29, 0.717) is 24.3 Å². The van der Waals surface area contributed by atoms with Gasteiger partial charge in [-0.05, 0) is 49.9 Å². The molecule has 1 aromatic carbocycles. The molecule has 5 nitrogen and oxygen atoms in total. The molecule has 0 aromatic heterocycles. The number of anilines is 1. The number of alkyl halides is 3. The summed E-state index contributed by atoms with van der Waals surface area (Å²) in [7, 11) is 1.47. The molecule has 1 saturated heterocycles. The van der Waals surface area contributed by atoms with Gasteiger partial charge < -0.3 is 14.2 Å². The summed E-state index contributed by atoms with van der Waals surface area (Å²) in [5.41, 5.74) is 1.54. The summed E-state index contributed by atoms with van der Waals surface area (Å²) < 4.78 is 53.0. The van der Waals surface area contributed by atoms with Crippen molar-refractivity contribution in [2.45, 2.75) is 57.2 Å². The average molecular weight is 359 g/mol. The maximum absolute atomic E-state index is 12.4. The quantitative estimate of drug-likeness (QED) is 0.814. The predicted molar refractivity (Wildman–Crippen MR) is 83.7 cm³/mol. The Balaban J connectivity index is 1.71. The summed E-state index contributed by atoms with van der Waals surface area (Å²) in [6.07, 6.45) is -5.49. The number of aryl methyl sites for hydroxylation is 1. The number of cyclic esters (lactones) is 1. The second kappa shape index (κ2) is 6.74. The highest BCUT2D eigenvalue weighted by Gasteiger charge is 2.40. The summed E-state index contributed by atoms with van der Waals surface area (Å²) >= 11 is 0. The first-order valence-electron chi connectivity index (χ1n) is 8.17. The Kier molecular flexibility index (Phi) is 4.81. The molecular formula is C17H20F3NO4. The summed E-state index contributed by atoms with van der Waals surface area (Å²) in [5, 5.41) is 0. The van der Waals surface area contributed by atoms with Crippen LogP contribution < -0.4 is 9.64 Å². The summed E-state index contributed by atoms with van der Waals surface area (Å²) in [6.45, 7) is 1.82. The molecule has 3 rings (SSSR count). The second-order valence-corrected chi connectivity index (χ2v) is 6.32. The van der Waals surface area contributed by atoms with Gasteiger partial charge >= 0.3 is 12.3 Å². The van der Waals surface area contributed by atoms with Crippen LogP contribution >= 0.6 is 0 Å². The van der Waals surface area contributed by atoms with Crippen molar-refractivity contribution in [3.8, 4) is 5.75 Å². The third-order valence-electron chi connectivity index (χ3n) is 4.55. The number of benzene rings is 1. The fraction of sp³-hybridized carbons (Fsp3) is 0.588. The summed E-state index contributed by atoms with van der Waals surface area (Å²) in [4.78, 5) is 13.5. The monoisotopic (exact) mass is 359 g/mol. The van der Waals surface area contributed by atoms with E-state index in [1.165, 1.54) is 12.0 Å². The van der Waals surface area contributed by atoms with Gasteiger partial charge in [0.2, 0.25) is 6.29 Å². The van der Waals surface area contributed by atoms with Crippen molar-refractivity contribution in [1.29, 1.82) is 0 Å². The van der Waals surface area contributed by atoms with Gasteiger partial charge in [-0.15, -0.1) is 0 Å². The molecule has 0 spiro atoms. The second-order valence-electron chi connectivity index (χ2n) is 6.32. The molecule has 0 N–H and O–H groups in total. The number of nitrogens with zero attached hydrogens (tertiary/aromatic N) is 1. The van der Waals surface area contributed by atoms with E-state index in [9.17, 15) is 18.0 Å². The maximum atomic E-state index is 12.4. The summed E-state index contributed by atoms with van der Waals surface area (Å²) in [6, 6.07) is 4.95. The van der Waals surface area contributed by atoms with Gasteiger partial charge in [-0.3, -0.25) is 4.90 Å². The van der Waals surface area contributed by atoms with Crippen LogP contribution in [-0.2, 0) is 15.9 Å². The molecule has 0 aliphatic carbocycles. The van der Waals surface area contributed by atoms with Crippen molar-refractivity contribution in [1.82, 2.24) is 0 Å². The van der Waals surface area contributed by atoms with Crippen molar-refractivity contribution < 1.29 is 32.2 Å². The van der Waals surface area contributed by atoms with Gasteiger partial charge in [-0.25, -0.2) is 4.79 Å². The van der Waals surface area contributed by atoms with Crippen LogP contribution in [0.25, 0.3) is 0 Å². The van der Waals surface area contributed by atoms with Crippen molar-refractivity contribution >= 4 is 11.8 Å². The fourth-order valence-corrected chi connectivity index (χ4v) is 3.24. The largest absolute Gasteiger partial charge is 0.490 e. The number of hydrogen-bond acceptors (Lipinski definition) is 4. The lowest BCUT2D eigenvalue weighted by atomic mass is 9.98. The van der Waals surface area contributed by atoms with Crippen LogP contribution in [0.4, 0.5) is 23.7 Å². The van der Waals surface area contributed by atoms with E-state index in [2.05, 4.69) is 0 Å². The van der Waals surface area contributed by atoms with E-state index in [0.717, 1.165) is 5.56 Å². The smallest absolute Gasteiger partial charge is 0.417 e. The van der Waals surface area contributed by atoms with Gasteiger partial charge in [0, 0.05) is 19.2 Å². The van der Waals surface area contributed by atoms with Crippen molar-refractivity contribution in [3.05, 3.63) is 23.8 Å². The molecule has 3 atom stereocenters. The Hall–Kier alpha value is -1.96. The van der Waals surface area contributed by atoms with Gasteiger partial charge in [-0.2, -0.15) is 13.2 Å². The number of hydrogen-bond donors (Lipinski definition) is 0.